The molecule has 1 aromatic rings. The van der Waals surface area contributed by atoms with Crippen molar-refractivity contribution in [1.82, 2.24) is 0 Å². The molecule has 0 atom stereocenters. The standard InChI is InChI=1S/C14H18BrFN2S/c15-12-10(14(17)19)6-7-11(13(12)16)18-8-4-2-1-3-5-9-18/h6-7H,1-5,8-9H2,(H2,17,19). The molecule has 1 aliphatic heterocycles. The Bertz CT molecular complexity index is 471. The second-order valence-electron chi connectivity index (χ2n) is 4.88. The monoisotopic (exact) mass is 344 g/mol. The summed E-state index contributed by atoms with van der Waals surface area (Å²) in [7, 11) is 0. The van der Waals surface area contributed by atoms with Gasteiger partial charge < -0.3 is 10.6 Å². The van der Waals surface area contributed by atoms with Crippen LogP contribution in [0.4, 0.5) is 10.1 Å². The van der Waals surface area contributed by atoms with E-state index in [-0.39, 0.29) is 10.8 Å². The number of halogens is 2. The molecule has 2 rings (SSSR count). The molecule has 0 amide bonds. The number of thiocarbonyl (C=S) groups is 1. The highest BCUT2D eigenvalue weighted by molar-refractivity contribution is 9.10. The summed E-state index contributed by atoms with van der Waals surface area (Å²) in [5, 5.41) is 0. The first-order chi connectivity index (χ1) is 9.11. The van der Waals surface area contributed by atoms with Gasteiger partial charge in [-0.15, -0.1) is 0 Å². The number of nitrogens with zero attached hydrogens (tertiary/aromatic N) is 1. The van der Waals surface area contributed by atoms with Crippen LogP contribution in [0.5, 0.6) is 0 Å². The summed E-state index contributed by atoms with van der Waals surface area (Å²) in [6.45, 7) is 1.82. The van der Waals surface area contributed by atoms with E-state index >= 15 is 0 Å². The lowest BCUT2D eigenvalue weighted by molar-refractivity contribution is 0.543. The Hall–Kier alpha value is -0.680. The number of nitrogens with two attached hydrogens (primary N) is 1. The highest BCUT2D eigenvalue weighted by atomic mass is 79.9. The normalized spacial score (nSPS) is 16.8. The molecule has 2 N–H and O–H groups in total. The molecule has 1 saturated heterocycles. The molecule has 0 radical (unpaired) electrons. The maximum absolute atomic E-state index is 14.4. The van der Waals surface area contributed by atoms with E-state index in [0.29, 0.717) is 15.7 Å². The zero-order chi connectivity index (χ0) is 13.8. The van der Waals surface area contributed by atoms with Crippen molar-refractivity contribution in [2.75, 3.05) is 18.0 Å². The molecular formula is C14H18BrFN2S. The van der Waals surface area contributed by atoms with Crippen LogP contribution in [0.3, 0.4) is 0 Å². The third-order valence-electron chi connectivity index (χ3n) is 3.52. The summed E-state index contributed by atoms with van der Waals surface area (Å²) >= 11 is 8.18. The van der Waals surface area contributed by atoms with Gasteiger partial charge in [0.15, 0.2) is 5.82 Å². The largest absolute Gasteiger partial charge is 0.389 e. The Labute approximate surface area is 127 Å². The molecule has 0 saturated carbocycles. The summed E-state index contributed by atoms with van der Waals surface area (Å²) in [5.74, 6) is -0.258. The summed E-state index contributed by atoms with van der Waals surface area (Å²) < 4.78 is 14.8. The number of hydrogen-bond acceptors (Lipinski definition) is 2. The molecule has 1 aromatic carbocycles. The van der Waals surface area contributed by atoms with Gasteiger partial charge in [0.1, 0.15) is 4.99 Å². The van der Waals surface area contributed by atoms with E-state index in [1.54, 1.807) is 12.1 Å². The number of benzene rings is 1. The van der Waals surface area contributed by atoms with Crippen LogP contribution in [-0.4, -0.2) is 18.1 Å². The summed E-state index contributed by atoms with van der Waals surface area (Å²) in [5.41, 5.74) is 6.78. The summed E-state index contributed by atoms with van der Waals surface area (Å²) in [6, 6.07) is 3.58. The molecule has 2 nitrogen and oxygen atoms in total. The fourth-order valence-electron chi connectivity index (χ4n) is 2.46. The van der Waals surface area contributed by atoms with Gasteiger partial charge in [-0.05, 0) is 40.9 Å². The fraction of sp³-hybridized carbons (Fsp3) is 0.500. The topological polar surface area (TPSA) is 29.3 Å². The van der Waals surface area contributed by atoms with Gasteiger partial charge in [-0.1, -0.05) is 31.5 Å². The predicted molar refractivity (Wildman–Crippen MR) is 85.3 cm³/mol. The van der Waals surface area contributed by atoms with Crippen LogP contribution in [-0.2, 0) is 0 Å². The average Bonchev–Trinajstić information content (AvgIpc) is 2.32. The molecule has 1 fully saturated rings. The molecule has 0 bridgehead atoms. The third kappa shape index (κ3) is 3.45. The van der Waals surface area contributed by atoms with Gasteiger partial charge in [0, 0.05) is 18.7 Å². The number of rotatable bonds is 2. The smallest absolute Gasteiger partial charge is 0.161 e. The van der Waals surface area contributed by atoms with Gasteiger partial charge in [0.05, 0.1) is 10.2 Å². The van der Waals surface area contributed by atoms with Gasteiger partial charge in [-0.2, -0.15) is 0 Å². The Morgan fingerprint density at radius 2 is 1.74 bits per heavy atom. The van der Waals surface area contributed by atoms with Crippen molar-refractivity contribution >= 4 is 38.8 Å². The fourth-order valence-corrected chi connectivity index (χ4v) is 3.31. The minimum absolute atomic E-state index is 0.213. The highest BCUT2D eigenvalue weighted by Crippen LogP contribution is 2.30. The van der Waals surface area contributed by atoms with Crippen molar-refractivity contribution < 1.29 is 4.39 Å². The van der Waals surface area contributed by atoms with E-state index in [4.69, 9.17) is 18.0 Å². The van der Waals surface area contributed by atoms with Crippen molar-refractivity contribution in [3.8, 4) is 0 Å². The minimum atomic E-state index is -0.258. The van der Waals surface area contributed by atoms with Crippen molar-refractivity contribution in [1.29, 1.82) is 0 Å². The molecule has 19 heavy (non-hydrogen) atoms. The highest BCUT2D eigenvalue weighted by Gasteiger charge is 2.18. The second-order valence-corrected chi connectivity index (χ2v) is 6.11. The van der Waals surface area contributed by atoms with E-state index in [0.717, 1.165) is 25.9 Å². The van der Waals surface area contributed by atoms with Crippen LogP contribution in [0.2, 0.25) is 0 Å². The molecule has 0 unspecified atom stereocenters. The van der Waals surface area contributed by atoms with Crippen LogP contribution < -0.4 is 10.6 Å². The Balaban J connectivity index is 2.28. The lowest BCUT2D eigenvalue weighted by Gasteiger charge is -2.27. The zero-order valence-electron chi connectivity index (χ0n) is 10.8. The van der Waals surface area contributed by atoms with Gasteiger partial charge in [-0.3, -0.25) is 0 Å². The van der Waals surface area contributed by atoms with Crippen LogP contribution in [0.1, 0.15) is 37.7 Å². The van der Waals surface area contributed by atoms with E-state index in [1.807, 2.05) is 0 Å². The van der Waals surface area contributed by atoms with Gasteiger partial charge in [-0.25, -0.2) is 4.39 Å². The van der Waals surface area contributed by atoms with E-state index < -0.39 is 0 Å². The maximum Gasteiger partial charge on any atom is 0.161 e. The predicted octanol–water partition coefficient (Wildman–Crippen LogP) is 3.99. The molecule has 1 aliphatic rings. The van der Waals surface area contributed by atoms with Crippen LogP contribution >= 0.6 is 28.1 Å². The first kappa shape index (κ1) is 14.7. The number of anilines is 1. The van der Waals surface area contributed by atoms with Crippen LogP contribution in [0, 0.1) is 5.82 Å². The molecule has 0 spiro atoms. The van der Waals surface area contributed by atoms with E-state index in [1.165, 1.54) is 19.3 Å². The minimum Gasteiger partial charge on any atom is -0.389 e. The van der Waals surface area contributed by atoms with Crippen molar-refractivity contribution in [3.63, 3.8) is 0 Å². The lowest BCUT2D eigenvalue weighted by Crippen LogP contribution is -2.28. The van der Waals surface area contributed by atoms with Gasteiger partial charge in [0.2, 0.25) is 0 Å². The molecule has 5 heteroatoms. The Kier molecular flexibility index (Phi) is 5.16. The molecule has 104 valence electrons. The molecular weight excluding hydrogens is 327 g/mol. The first-order valence-corrected chi connectivity index (χ1v) is 7.84. The van der Waals surface area contributed by atoms with Gasteiger partial charge in [0.25, 0.3) is 0 Å². The van der Waals surface area contributed by atoms with E-state index in [9.17, 15) is 4.39 Å². The van der Waals surface area contributed by atoms with E-state index in [2.05, 4.69) is 20.8 Å². The Morgan fingerprint density at radius 3 is 2.32 bits per heavy atom. The van der Waals surface area contributed by atoms with Crippen molar-refractivity contribution in [3.05, 3.63) is 28.0 Å². The first-order valence-electron chi connectivity index (χ1n) is 6.64. The maximum atomic E-state index is 14.4. The SMILES string of the molecule is NC(=S)c1ccc(N2CCCCCCC2)c(F)c1Br. The molecule has 0 aromatic heterocycles. The lowest BCUT2D eigenvalue weighted by atomic mass is 10.1. The van der Waals surface area contributed by atoms with Crippen LogP contribution in [0.15, 0.2) is 16.6 Å². The molecule has 1 heterocycles. The molecule has 0 aliphatic carbocycles. The summed E-state index contributed by atoms with van der Waals surface area (Å²) in [4.78, 5) is 2.34. The number of hydrogen-bond donors (Lipinski definition) is 1. The Morgan fingerprint density at radius 1 is 1.16 bits per heavy atom. The van der Waals surface area contributed by atoms with Crippen molar-refractivity contribution in [2.24, 2.45) is 5.73 Å². The third-order valence-corrected chi connectivity index (χ3v) is 4.52. The second kappa shape index (κ2) is 6.66. The van der Waals surface area contributed by atoms with Crippen molar-refractivity contribution in [2.45, 2.75) is 32.1 Å². The quantitative estimate of drug-likeness (QED) is 0.822. The zero-order valence-corrected chi connectivity index (χ0v) is 13.2. The van der Waals surface area contributed by atoms with Gasteiger partial charge >= 0.3 is 0 Å². The average molecular weight is 345 g/mol. The summed E-state index contributed by atoms with van der Waals surface area (Å²) in [6.07, 6.45) is 5.98. The van der Waals surface area contributed by atoms with Crippen LogP contribution in [0.25, 0.3) is 0 Å².